The van der Waals surface area contributed by atoms with Gasteiger partial charge in [-0.05, 0) is 23.8 Å². The maximum atomic E-state index is 12.2. The van der Waals surface area contributed by atoms with Crippen LogP contribution in [0.2, 0.25) is 0 Å². The van der Waals surface area contributed by atoms with Gasteiger partial charge in [0, 0.05) is 30.7 Å². The van der Waals surface area contributed by atoms with Gasteiger partial charge in [-0.1, -0.05) is 24.3 Å². The summed E-state index contributed by atoms with van der Waals surface area (Å²) in [7, 11) is 0. The van der Waals surface area contributed by atoms with Gasteiger partial charge < -0.3 is 10.6 Å². The van der Waals surface area contributed by atoms with Gasteiger partial charge in [-0.3, -0.25) is 9.78 Å². The molecule has 2 N–H and O–H groups in total. The molecule has 0 aliphatic rings. The lowest BCUT2D eigenvalue weighted by Gasteiger charge is -2.07. The fraction of sp³-hybridized carbons (Fsp3) is 0.0588. The van der Waals surface area contributed by atoms with E-state index in [4.69, 9.17) is 0 Å². The standard InChI is InChI=1S/C17H15N5O/c23-17(19-11-13-5-4-8-18-10-13)15-9-16(21-12-20-15)22-14-6-2-1-3-7-14/h1-10,12H,11H2,(H,19,23)(H,20,21,22). The fourth-order valence-electron chi connectivity index (χ4n) is 1.99. The van der Waals surface area contributed by atoms with Crippen LogP contribution >= 0.6 is 0 Å². The number of hydrogen-bond acceptors (Lipinski definition) is 5. The van der Waals surface area contributed by atoms with Gasteiger partial charge in [-0.25, -0.2) is 9.97 Å². The van der Waals surface area contributed by atoms with Crippen molar-refractivity contribution in [3.8, 4) is 0 Å². The van der Waals surface area contributed by atoms with E-state index in [1.54, 1.807) is 18.5 Å². The van der Waals surface area contributed by atoms with Crippen LogP contribution in [0.15, 0.2) is 67.3 Å². The minimum absolute atomic E-state index is 0.257. The molecule has 3 aromatic rings. The average molecular weight is 305 g/mol. The van der Waals surface area contributed by atoms with Gasteiger partial charge >= 0.3 is 0 Å². The number of para-hydroxylation sites is 1. The molecule has 2 aromatic heterocycles. The highest BCUT2D eigenvalue weighted by Gasteiger charge is 2.08. The van der Waals surface area contributed by atoms with Crippen LogP contribution in [-0.2, 0) is 6.54 Å². The maximum absolute atomic E-state index is 12.2. The van der Waals surface area contributed by atoms with E-state index < -0.39 is 0 Å². The van der Waals surface area contributed by atoms with Crippen molar-refractivity contribution in [2.45, 2.75) is 6.54 Å². The highest BCUT2D eigenvalue weighted by molar-refractivity contribution is 5.92. The number of aromatic nitrogens is 3. The van der Waals surface area contributed by atoms with Crippen LogP contribution in [0.5, 0.6) is 0 Å². The van der Waals surface area contributed by atoms with Gasteiger partial charge in [-0.2, -0.15) is 0 Å². The molecule has 3 rings (SSSR count). The molecular weight excluding hydrogens is 290 g/mol. The molecule has 1 aromatic carbocycles. The molecule has 23 heavy (non-hydrogen) atoms. The van der Waals surface area contributed by atoms with Crippen LogP contribution in [0.25, 0.3) is 0 Å². The van der Waals surface area contributed by atoms with E-state index >= 15 is 0 Å². The summed E-state index contributed by atoms with van der Waals surface area (Å²) in [6.45, 7) is 0.401. The Hall–Kier alpha value is -3.28. The summed E-state index contributed by atoms with van der Waals surface area (Å²) < 4.78 is 0. The summed E-state index contributed by atoms with van der Waals surface area (Å²) in [5, 5.41) is 5.94. The Bertz CT molecular complexity index is 777. The normalized spacial score (nSPS) is 10.1. The molecule has 0 bridgehead atoms. The third kappa shape index (κ3) is 4.10. The van der Waals surface area contributed by atoms with Crippen molar-refractivity contribution < 1.29 is 4.79 Å². The first kappa shape index (κ1) is 14.6. The number of amides is 1. The number of hydrogen-bond donors (Lipinski definition) is 2. The lowest BCUT2D eigenvalue weighted by molar-refractivity contribution is 0.0946. The molecule has 0 spiro atoms. The average Bonchev–Trinajstić information content (AvgIpc) is 2.62. The van der Waals surface area contributed by atoms with Crippen molar-refractivity contribution in [1.29, 1.82) is 0 Å². The van der Waals surface area contributed by atoms with Crippen LogP contribution in [-0.4, -0.2) is 20.9 Å². The summed E-state index contributed by atoms with van der Waals surface area (Å²) in [4.78, 5) is 24.3. The number of anilines is 2. The van der Waals surface area contributed by atoms with Crippen molar-refractivity contribution in [3.05, 3.63) is 78.5 Å². The maximum Gasteiger partial charge on any atom is 0.270 e. The van der Waals surface area contributed by atoms with Crippen molar-refractivity contribution in [1.82, 2.24) is 20.3 Å². The molecule has 0 saturated heterocycles. The van der Waals surface area contributed by atoms with E-state index in [0.29, 0.717) is 18.1 Å². The molecule has 0 unspecified atom stereocenters. The minimum atomic E-state index is -0.257. The zero-order valence-electron chi connectivity index (χ0n) is 12.3. The highest BCUT2D eigenvalue weighted by Crippen LogP contribution is 2.13. The number of benzene rings is 1. The Morgan fingerprint density at radius 1 is 1.04 bits per heavy atom. The second-order valence-corrected chi connectivity index (χ2v) is 4.82. The van der Waals surface area contributed by atoms with Crippen molar-refractivity contribution in [2.24, 2.45) is 0 Å². The second kappa shape index (κ2) is 7.13. The number of pyridine rings is 1. The molecular formula is C17H15N5O. The molecule has 0 aliphatic heterocycles. The quantitative estimate of drug-likeness (QED) is 0.757. The number of rotatable bonds is 5. The van der Waals surface area contributed by atoms with E-state index in [9.17, 15) is 4.79 Å². The van der Waals surface area contributed by atoms with E-state index in [2.05, 4.69) is 25.6 Å². The van der Waals surface area contributed by atoms with Crippen molar-refractivity contribution >= 4 is 17.4 Å². The molecule has 1 amide bonds. The summed E-state index contributed by atoms with van der Waals surface area (Å²) in [5.74, 6) is 0.310. The van der Waals surface area contributed by atoms with Crippen molar-refractivity contribution in [2.75, 3.05) is 5.32 Å². The molecule has 6 nitrogen and oxygen atoms in total. The Balaban J connectivity index is 1.65. The lowest BCUT2D eigenvalue weighted by Crippen LogP contribution is -2.24. The third-order valence-corrected chi connectivity index (χ3v) is 3.12. The molecule has 0 atom stereocenters. The van der Waals surface area contributed by atoms with Crippen LogP contribution in [0.4, 0.5) is 11.5 Å². The molecule has 0 aliphatic carbocycles. The topological polar surface area (TPSA) is 79.8 Å². The molecule has 2 heterocycles. The Kier molecular flexibility index (Phi) is 4.54. The summed E-state index contributed by atoms with van der Waals surface area (Å²) in [6, 6.07) is 15.0. The number of carbonyl (C=O) groups excluding carboxylic acids is 1. The monoisotopic (exact) mass is 305 g/mol. The number of nitrogens with one attached hydrogen (secondary N) is 2. The van der Waals surface area contributed by atoms with E-state index in [1.165, 1.54) is 6.33 Å². The third-order valence-electron chi connectivity index (χ3n) is 3.12. The fourth-order valence-corrected chi connectivity index (χ4v) is 1.99. The predicted octanol–water partition coefficient (Wildman–Crippen LogP) is 2.55. The van der Waals surface area contributed by atoms with Crippen molar-refractivity contribution in [3.63, 3.8) is 0 Å². The second-order valence-electron chi connectivity index (χ2n) is 4.82. The predicted molar refractivity (Wildman–Crippen MR) is 87.2 cm³/mol. The molecule has 0 radical (unpaired) electrons. The van der Waals surface area contributed by atoms with Crippen LogP contribution in [0, 0.1) is 0 Å². The van der Waals surface area contributed by atoms with Gasteiger partial charge in [0.05, 0.1) is 0 Å². The summed E-state index contributed by atoms with van der Waals surface area (Å²) >= 11 is 0. The van der Waals surface area contributed by atoms with Gasteiger partial charge in [0.15, 0.2) is 0 Å². The molecule has 6 heteroatoms. The largest absolute Gasteiger partial charge is 0.347 e. The smallest absolute Gasteiger partial charge is 0.270 e. The van der Waals surface area contributed by atoms with Gasteiger partial charge in [0.2, 0.25) is 0 Å². The first-order chi connectivity index (χ1) is 11.3. The molecule has 114 valence electrons. The summed E-state index contributed by atoms with van der Waals surface area (Å²) in [5.41, 5.74) is 2.13. The first-order valence-corrected chi connectivity index (χ1v) is 7.12. The van der Waals surface area contributed by atoms with Crippen LogP contribution in [0.1, 0.15) is 16.1 Å². The minimum Gasteiger partial charge on any atom is -0.347 e. The van der Waals surface area contributed by atoms with E-state index in [-0.39, 0.29) is 5.91 Å². The number of nitrogens with zero attached hydrogens (tertiary/aromatic N) is 3. The summed E-state index contributed by atoms with van der Waals surface area (Å²) in [6.07, 6.45) is 4.77. The Morgan fingerprint density at radius 3 is 2.70 bits per heavy atom. The van der Waals surface area contributed by atoms with Crippen LogP contribution < -0.4 is 10.6 Å². The van der Waals surface area contributed by atoms with E-state index in [1.807, 2.05) is 42.5 Å². The van der Waals surface area contributed by atoms with Gasteiger partial charge in [-0.15, -0.1) is 0 Å². The zero-order valence-corrected chi connectivity index (χ0v) is 12.3. The highest BCUT2D eigenvalue weighted by atomic mass is 16.1. The Morgan fingerprint density at radius 2 is 1.91 bits per heavy atom. The lowest BCUT2D eigenvalue weighted by atomic mass is 10.2. The Labute approximate surface area is 133 Å². The molecule has 0 saturated carbocycles. The zero-order chi connectivity index (χ0) is 15.9. The number of carbonyl (C=O) groups is 1. The van der Waals surface area contributed by atoms with Crippen LogP contribution in [0.3, 0.4) is 0 Å². The van der Waals surface area contributed by atoms with Gasteiger partial charge in [0.25, 0.3) is 5.91 Å². The molecule has 0 fully saturated rings. The van der Waals surface area contributed by atoms with Gasteiger partial charge in [0.1, 0.15) is 17.8 Å². The SMILES string of the molecule is O=C(NCc1cccnc1)c1cc(Nc2ccccc2)ncn1. The van der Waals surface area contributed by atoms with E-state index in [0.717, 1.165) is 11.3 Å². The first-order valence-electron chi connectivity index (χ1n) is 7.12.